The Balaban J connectivity index is 1.70. The molecule has 1 aromatic rings. The van der Waals surface area contributed by atoms with Gasteiger partial charge in [0.15, 0.2) is 0 Å². The van der Waals surface area contributed by atoms with Gasteiger partial charge in [-0.25, -0.2) is 0 Å². The number of hydrogen-bond acceptors (Lipinski definition) is 2. The topological polar surface area (TPSA) is 29.1 Å². The number of rotatable bonds is 9. The van der Waals surface area contributed by atoms with Crippen LogP contribution in [-0.4, -0.2) is 22.5 Å². The molecular weight excluding hydrogens is 278 g/mol. The molecule has 1 N–H and O–H groups in total. The zero-order chi connectivity index (χ0) is 15.1. The molecule has 0 aliphatic heterocycles. The highest BCUT2D eigenvalue weighted by molar-refractivity contribution is 7.85. The summed E-state index contributed by atoms with van der Waals surface area (Å²) < 4.78 is 12.4. The second-order valence-corrected chi connectivity index (χ2v) is 7.76. The first kappa shape index (κ1) is 16.7. The molecule has 118 valence electrons. The normalized spacial score (nSPS) is 16.7. The van der Waals surface area contributed by atoms with Crippen molar-refractivity contribution in [3.63, 3.8) is 0 Å². The van der Waals surface area contributed by atoms with Gasteiger partial charge in [-0.2, -0.15) is 0 Å². The molecule has 2 rings (SSSR count). The molecule has 1 aromatic carbocycles. The largest absolute Gasteiger partial charge is 0.314 e. The third-order valence-electron chi connectivity index (χ3n) is 4.29. The molecule has 1 aliphatic carbocycles. The van der Waals surface area contributed by atoms with Crippen LogP contribution in [-0.2, 0) is 23.6 Å². The third-order valence-corrected chi connectivity index (χ3v) is 5.73. The molecule has 0 saturated heterocycles. The molecule has 0 heterocycles. The van der Waals surface area contributed by atoms with Crippen molar-refractivity contribution in [3.05, 3.63) is 29.3 Å². The van der Waals surface area contributed by atoms with Gasteiger partial charge in [-0.3, -0.25) is 4.21 Å². The standard InChI is InChI=1S/C18H29NOS/c1-3-12-19-15(2)7-4-5-13-21(20)18-11-10-16-8-6-9-17(16)14-18/h10-11,14-15,19H,3-9,12-13H2,1-2H3. The zero-order valence-electron chi connectivity index (χ0n) is 13.5. The van der Waals surface area contributed by atoms with E-state index in [0.29, 0.717) is 6.04 Å². The predicted molar refractivity (Wildman–Crippen MR) is 91.3 cm³/mol. The monoisotopic (exact) mass is 307 g/mol. The quantitative estimate of drug-likeness (QED) is 0.702. The van der Waals surface area contributed by atoms with Gasteiger partial charge in [0, 0.05) is 16.7 Å². The average Bonchev–Trinajstić information content (AvgIpc) is 2.96. The minimum absolute atomic E-state index is 0.582. The summed E-state index contributed by atoms with van der Waals surface area (Å²) >= 11 is 0. The van der Waals surface area contributed by atoms with Crippen LogP contribution < -0.4 is 5.32 Å². The van der Waals surface area contributed by atoms with Crippen LogP contribution in [0.3, 0.4) is 0 Å². The molecule has 0 bridgehead atoms. The van der Waals surface area contributed by atoms with Crippen LogP contribution in [0.5, 0.6) is 0 Å². The lowest BCUT2D eigenvalue weighted by molar-refractivity contribution is 0.495. The fraction of sp³-hybridized carbons (Fsp3) is 0.667. The van der Waals surface area contributed by atoms with Crippen molar-refractivity contribution in [2.75, 3.05) is 12.3 Å². The molecule has 2 atom stereocenters. The summed E-state index contributed by atoms with van der Waals surface area (Å²) in [5.74, 6) is 0.805. The van der Waals surface area contributed by atoms with Crippen molar-refractivity contribution >= 4 is 10.8 Å². The van der Waals surface area contributed by atoms with Crippen LogP contribution in [0, 0.1) is 0 Å². The van der Waals surface area contributed by atoms with E-state index in [-0.39, 0.29) is 0 Å². The number of aryl methyl sites for hydroxylation is 2. The molecule has 0 spiro atoms. The van der Waals surface area contributed by atoms with Crippen LogP contribution in [0.2, 0.25) is 0 Å². The maximum atomic E-state index is 12.4. The lowest BCUT2D eigenvalue weighted by Crippen LogP contribution is -2.26. The van der Waals surface area contributed by atoms with E-state index in [0.717, 1.165) is 30.0 Å². The minimum atomic E-state index is -0.816. The first-order valence-corrected chi connectivity index (χ1v) is 9.76. The fourth-order valence-electron chi connectivity index (χ4n) is 2.98. The van der Waals surface area contributed by atoms with Crippen molar-refractivity contribution in [1.82, 2.24) is 5.32 Å². The number of benzene rings is 1. The number of nitrogens with one attached hydrogen (secondary N) is 1. The molecule has 3 heteroatoms. The number of unbranched alkanes of at least 4 members (excludes halogenated alkanes) is 1. The van der Waals surface area contributed by atoms with Gasteiger partial charge < -0.3 is 5.32 Å². The maximum absolute atomic E-state index is 12.4. The summed E-state index contributed by atoms with van der Waals surface area (Å²) in [6.45, 7) is 5.54. The Hall–Kier alpha value is -0.670. The zero-order valence-corrected chi connectivity index (χ0v) is 14.3. The summed E-state index contributed by atoms with van der Waals surface area (Å²) in [6.07, 6.45) is 8.21. The Morgan fingerprint density at radius 1 is 1.24 bits per heavy atom. The SMILES string of the molecule is CCCNC(C)CCCCS(=O)c1ccc2c(c1)CCC2. The van der Waals surface area contributed by atoms with Gasteiger partial charge in [0.05, 0.1) is 10.8 Å². The van der Waals surface area contributed by atoms with Gasteiger partial charge in [-0.1, -0.05) is 19.4 Å². The molecule has 0 aromatic heterocycles. The van der Waals surface area contributed by atoms with Crippen LogP contribution in [0.15, 0.2) is 23.1 Å². The molecule has 2 unspecified atom stereocenters. The Kier molecular flexibility index (Phi) is 6.91. The van der Waals surface area contributed by atoms with Gasteiger partial charge in [0.2, 0.25) is 0 Å². The second kappa shape index (κ2) is 8.70. The van der Waals surface area contributed by atoms with Crippen molar-refractivity contribution in [1.29, 1.82) is 0 Å². The highest BCUT2D eigenvalue weighted by Crippen LogP contribution is 2.24. The highest BCUT2D eigenvalue weighted by atomic mass is 32.2. The van der Waals surface area contributed by atoms with Crippen molar-refractivity contribution in [2.24, 2.45) is 0 Å². The van der Waals surface area contributed by atoms with E-state index in [4.69, 9.17) is 0 Å². The summed E-state index contributed by atoms with van der Waals surface area (Å²) in [5, 5.41) is 3.50. The molecule has 1 aliphatic rings. The third kappa shape index (κ3) is 5.23. The predicted octanol–water partition coefficient (Wildman–Crippen LogP) is 3.84. The lowest BCUT2D eigenvalue weighted by Gasteiger charge is -2.12. The van der Waals surface area contributed by atoms with E-state index in [1.54, 1.807) is 0 Å². The van der Waals surface area contributed by atoms with Crippen LogP contribution in [0.4, 0.5) is 0 Å². The number of hydrogen-bond donors (Lipinski definition) is 1. The van der Waals surface area contributed by atoms with Crippen LogP contribution in [0.25, 0.3) is 0 Å². The fourth-order valence-corrected chi connectivity index (χ4v) is 4.18. The molecule has 0 saturated carbocycles. The van der Waals surface area contributed by atoms with Gasteiger partial charge in [-0.15, -0.1) is 0 Å². The van der Waals surface area contributed by atoms with Gasteiger partial charge in [0.25, 0.3) is 0 Å². The van der Waals surface area contributed by atoms with E-state index in [1.807, 2.05) is 0 Å². The number of fused-ring (bicyclic) bond motifs is 1. The van der Waals surface area contributed by atoms with E-state index >= 15 is 0 Å². The molecule has 2 nitrogen and oxygen atoms in total. The summed E-state index contributed by atoms with van der Waals surface area (Å²) in [5.41, 5.74) is 2.89. The molecule has 0 radical (unpaired) electrons. The summed E-state index contributed by atoms with van der Waals surface area (Å²) in [4.78, 5) is 1.04. The smallest absolute Gasteiger partial charge is 0.0529 e. The molecule has 21 heavy (non-hydrogen) atoms. The lowest BCUT2D eigenvalue weighted by atomic mass is 10.1. The maximum Gasteiger partial charge on any atom is 0.0529 e. The minimum Gasteiger partial charge on any atom is -0.314 e. The van der Waals surface area contributed by atoms with Gasteiger partial charge >= 0.3 is 0 Å². The Morgan fingerprint density at radius 2 is 2.05 bits per heavy atom. The Bertz CT molecular complexity index is 472. The van der Waals surface area contributed by atoms with Crippen molar-refractivity contribution in [2.45, 2.75) is 69.7 Å². The Labute approximate surface area is 132 Å². The molecule has 0 fully saturated rings. The second-order valence-electron chi connectivity index (χ2n) is 6.18. The first-order valence-electron chi connectivity index (χ1n) is 8.44. The summed E-state index contributed by atoms with van der Waals surface area (Å²) in [6, 6.07) is 7.03. The summed E-state index contributed by atoms with van der Waals surface area (Å²) in [7, 11) is -0.816. The van der Waals surface area contributed by atoms with Gasteiger partial charge in [0.1, 0.15) is 0 Å². The first-order chi connectivity index (χ1) is 10.2. The average molecular weight is 308 g/mol. The molecule has 0 amide bonds. The Morgan fingerprint density at radius 3 is 2.86 bits per heavy atom. The van der Waals surface area contributed by atoms with Gasteiger partial charge in [-0.05, 0) is 75.3 Å². The van der Waals surface area contributed by atoms with Crippen LogP contribution in [0.1, 0.15) is 57.1 Å². The van der Waals surface area contributed by atoms with E-state index in [1.165, 1.54) is 43.2 Å². The molecular formula is C18H29NOS. The van der Waals surface area contributed by atoms with E-state index in [2.05, 4.69) is 37.4 Å². The highest BCUT2D eigenvalue weighted by Gasteiger charge is 2.13. The van der Waals surface area contributed by atoms with E-state index in [9.17, 15) is 4.21 Å². The van der Waals surface area contributed by atoms with Crippen molar-refractivity contribution in [3.8, 4) is 0 Å². The van der Waals surface area contributed by atoms with Crippen molar-refractivity contribution < 1.29 is 4.21 Å². The van der Waals surface area contributed by atoms with Crippen LogP contribution >= 0.6 is 0 Å². The van der Waals surface area contributed by atoms with E-state index < -0.39 is 10.8 Å².